The minimum atomic E-state index is -0.0424. The van der Waals surface area contributed by atoms with Crippen LogP contribution in [0, 0.1) is 6.92 Å². The predicted octanol–water partition coefficient (Wildman–Crippen LogP) is 2.13. The van der Waals surface area contributed by atoms with E-state index in [4.69, 9.17) is 4.52 Å². The van der Waals surface area contributed by atoms with E-state index in [-0.39, 0.29) is 24.4 Å². The Balaban J connectivity index is 0.00000182. The van der Waals surface area contributed by atoms with E-state index < -0.39 is 0 Å². The van der Waals surface area contributed by atoms with Crippen LogP contribution < -0.4 is 5.32 Å². The standard InChI is InChI=1S/C17H17N5O2.ClH/c1-11-14-7-13(9-20-16(14)24-21-11)17(23)22-6-5-19-10-15(22)12-3-2-4-18-8-12;/h2-4,7-9,15,19H,5-6,10H2,1H3;1H. The van der Waals surface area contributed by atoms with Crippen molar-refractivity contribution < 1.29 is 9.32 Å². The number of aryl methyl sites for hydroxylation is 1. The molecule has 1 fully saturated rings. The first-order valence-corrected chi connectivity index (χ1v) is 7.87. The fourth-order valence-corrected chi connectivity index (χ4v) is 3.05. The molecule has 0 aliphatic carbocycles. The average molecular weight is 360 g/mol. The summed E-state index contributed by atoms with van der Waals surface area (Å²) in [5.41, 5.74) is 2.75. The van der Waals surface area contributed by atoms with Gasteiger partial charge in [0.1, 0.15) is 0 Å². The number of amides is 1. The van der Waals surface area contributed by atoms with Gasteiger partial charge in [0.05, 0.1) is 22.7 Å². The molecular weight excluding hydrogens is 342 g/mol. The van der Waals surface area contributed by atoms with Gasteiger partial charge in [0.25, 0.3) is 11.6 Å². The van der Waals surface area contributed by atoms with Gasteiger partial charge < -0.3 is 14.7 Å². The Kier molecular flexibility index (Phi) is 4.96. The van der Waals surface area contributed by atoms with Crippen LogP contribution in [-0.4, -0.2) is 45.6 Å². The first-order valence-electron chi connectivity index (χ1n) is 7.87. The molecule has 0 radical (unpaired) electrons. The highest BCUT2D eigenvalue weighted by Gasteiger charge is 2.29. The summed E-state index contributed by atoms with van der Waals surface area (Å²) < 4.78 is 5.12. The van der Waals surface area contributed by atoms with E-state index in [0.29, 0.717) is 24.4 Å². The Morgan fingerprint density at radius 1 is 1.40 bits per heavy atom. The number of pyridine rings is 2. The molecular formula is C17H18ClN5O2. The molecule has 1 unspecified atom stereocenters. The number of piperazine rings is 1. The van der Waals surface area contributed by atoms with Crippen LogP contribution >= 0.6 is 12.4 Å². The molecule has 4 heterocycles. The number of nitrogens with one attached hydrogen (secondary N) is 1. The highest BCUT2D eigenvalue weighted by atomic mass is 35.5. The molecule has 1 saturated heterocycles. The predicted molar refractivity (Wildman–Crippen MR) is 94.7 cm³/mol. The van der Waals surface area contributed by atoms with Crippen LogP contribution in [-0.2, 0) is 0 Å². The third kappa shape index (κ3) is 3.20. The topological polar surface area (TPSA) is 84.2 Å². The molecule has 0 bridgehead atoms. The summed E-state index contributed by atoms with van der Waals surface area (Å²) in [4.78, 5) is 23.3. The monoisotopic (exact) mass is 359 g/mol. The average Bonchev–Trinajstić information content (AvgIpc) is 3.02. The molecule has 8 heteroatoms. The van der Waals surface area contributed by atoms with Crippen molar-refractivity contribution in [3.63, 3.8) is 0 Å². The zero-order chi connectivity index (χ0) is 16.5. The van der Waals surface area contributed by atoms with Crippen LogP contribution in [0.25, 0.3) is 11.1 Å². The molecule has 3 aromatic heterocycles. The van der Waals surface area contributed by atoms with Crippen molar-refractivity contribution in [3.05, 3.63) is 53.6 Å². The summed E-state index contributed by atoms with van der Waals surface area (Å²) in [5.74, 6) is -0.0413. The van der Waals surface area contributed by atoms with Crippen LogP contribution in [0.3, 0.4) is 0 Å². The van der Waals surface area contributed by atoms with E-state index in [2.05, 4.69) is 20.4 Å². The van der Waals surface area contributed by atoms with Crippen LogP contribution in [0.15, 0.2) is 41.3 Å². The summed E-state index contributed by atoms with van der Waals surface area (Å²) in [7, 11) is 0. The van der Waals surface area contributed by atoms with Crippen LogP contribution in [0.1, 0.15) is 27.7 Å². The van der Waals surface area contributed by atoms with E-state index in [0.717, 1.165) is 23.2 Å². The van der Waals surface area contributed by atoms with E-state index in [1.807, 2.05) is 30.2 Å². The van der Waals surface area contributed by atoms with Crippen molar-refractivity contribution >= 4 is 29.4 Å². The quantitative estimate of drug-likeness (QED) is 0.754. The molecule has 1 aliphatic heterocycles. The summed E-state index contributed by atoms with van der Waals surface area (Å²) in [5, 5.41) is 8.00. The van der Waals surface area contributed by atoms with E-state index in [1.165, 1.54) is 0 Å². The maximum Gasteiger partial charge on any atom is 0.257 e. The van der Waals surface area contributed by atoms with Crippen LogP contribution in [0.2, 0.25) is 0 Å². The van der Waals surface area contributed by atoms with Gasteiger partial charge in [-0.25, -0.2) is 4.98 Å². The Morgan fingerprint density at radius 3 is 3.08 bits per heavy atom. The Bertz CT molecular complexity index is 883. The van der Waals surface area contributed by atoms with Gasteiger partial charge in [-0.2, -0.15) is 0 Å². The first-order chi connectivity index (χ1) is 11.7. The van der Waals surface area contributed by atoms with Gasteiger partial charge in [-0.1, -0.05) is 11.2 Å². The molecule has 1 N–H and O–H groups in total. The minimum absolute atomic E-state index is 0. The maximum atomic E-state index is 13.0. The number of carbonyl (C=O) groups is 1. The number of fused-ring (bicyclic) bond motifs is 1. The number of carbonyl (C=O) groups excluding carboxylic acids is 1. The number of hydrogen-bond donors (Lipinski definition) is 1. The van der Waals surface area contributed by atoms with Gasteiger partial charge in [-0.3, -0.25) is 9.78 Å². The van der Waals surface area contributed by atoms with Gasteiger partial charge in [-0.05, 0) is 24.6 Å². The minimum Gasteiger partial charge on any atom is -0.336 e. The van der Waals surface area contributed by atoms with Crippen LogP contribution in [0.4, 0.5) is 0 Å². The van der Waals surface area contributed by atoms with Crippen molar-refractivity contribution in [3.8, 4) is 0 Å². The van der Waals surface area contributed by atoms with Crippen LogP contribution in [0.5, 0.6) is 0 Å². The maximum absolute atomic E-state index is 13.0. The zero-order valence-corrected chi connectivity index (χ0v) is 14.5. The highest BCUT2D eigenvalue weighted by molar-refractivity contribution is 5.97. The number of hydrogen-bond acceptors (Lipinski definition) is 6. The molecule has 4 rings (SSSR count). The summed E-state index contributed by atoms with van der Waals surface area (Å²) >= 11 is 0. The van der Waals surface area contributed by atoms with E-state index in [9.17, 15) is 4.79 Å². The number of aromatic nitrogens is 3. The third-order valence-corrected chi connectivity index (χ3v) is 4.33. The van der Waals surface area contributed by atoms with Crippen molar-refractivity contribution in [2.75, 3.05) is 19.6 Å². The van der Waals surface area contributed by atoms with E-state index in [1.54, 1.807) is 18.5 Å². The fourth-order valence-electron chi connectivity index (χ4n) is 3.05. The Hall–Kier alpha value is -2.51. The lowest BCUT2D eigenvalue weighted by atomic mass is 10.0. The zero-order valence-electron chi connectivity index (χ0n) is 13.7. The van der Waals surface area contributed by atoms with E-state index >= 15 is 0 Å². The smallest absolute Gasteiger partial charge is 0.257 e. The van der Waals surface area contributed by atoms with Gasteiger partial charge in [-0.15, -0.1) is 12.4 Å². The highest BCUT2D eigenvalue weighted by Crippen LogP contribution is 2.25. The Labute approximate surface area is 150 Å². The van der Waals surface area contributed by atoms with Gasteiger partial charge in [0.2, 0.25) is 0 Å². The van der Waals surface area contributed by atoms with Gasteiger partial charge in [0.15, 0.2) is 0 Å². The second-order valence-electron chi connectivity index (χ2n) is 5.85. The molecule has 1 aliphatic rings. The largest absolute Gasteiger partial charge is 0.336 e. The number of nitrogens with zero attached hydrogens (tertiary/aromatic N) is 4. The number of halogens is 1. The van der Waals surface area contributed by atoms with Gasteiger partial charge in [0, 0.05) is 38.2 Å². The lowest BCUT2D eigenvalue weighted by Gasteiger charge is -2.36. The molecule has 7 nitrogen and oxygen atoms in total. The molecule has 130 valence electrons. The van der Waals surface area contributed by atoms with Gasteiger partial charge >= 0.3 is 0 Å². The molecule has 25 heavy (non-hydrogen) atoms. The van der Waals surface area contributed by atoms with Crippen molar-refractivity contribution in [1.82, 2.24) is 25.3 Å². The normalized spacial score (nSPS) is 17.3. The summed E-state index contributed by atoms with van der Waals surface area (Å²) in [6, 6.07) is 5.65. The third-order valence-electron chi connectivity index (χ3n) is 4.33. The molecule has 0 spiro atoms. The molecule has 0 saturated carbocycles. The molecule has 1 atom stereocenters. The number of rotatable bonds is 2. The second kappa shape index (κ2) is 7.16. The molecule has 3 aromatic rings. The molecule has 1 amide bonds. The summed E-state index contributed by atoms with van der Waals surface area (Å²) in [6.07, 6.45) is 5.10. The van der Waals surface area contributed by atoms with Crippen molar-refractivity contribution in [2.45, 2.75) is 13.0 Å². The lowest BCUT2D eigenvalue weighted by Crippen LogP contribution is -2.48. The molecule has 0 aromatic carbocycles. The Morgan fingerprint density at radius 2 is 2.28 bits per heavy atom. The second-order valence-corrected chi connectivity index (χ2v) is 5.85. The van der Waals surface area contributed by atoms with Crippen molar-refractivity contribution in [2.24, 2.45) is 0 Å². The SMILES string of the molecule is Cc1noc2ncc(C(=O)N3CCNCC3c3cccnc3)cc12.Cl. The first kappa shape index (κ1) is 17.3. The fraction of sp³-hybridized carbons (Fsp3) is 0.294. The summed E-state index contributed by atoms with van der Waals surface area (Å²) in [6.45, 7) is 3.95. The lowest BCUT2D eigenvalue weighted by molar-refractivity contribution is 0.0634. The van der Waals surface area contributed by atoms with Crippen molar-refractivity contribution in [1.29, 1.82) is 0 Å².